The Morgan fingerprint density at radius 3 is 2.65 bits per heavy atom. The summed E-state index contributed by atoms with van der Waals surface area (Å²) < 4.78 is 13.4. The molecule has 10 nitrogen and oxygen atoms in total. The quantitative estimate of drug-likeness (QED) is 0.401. The molecule has 2 aromatic carbocycles. The van der Waals surface area contributed by atoms with Crippen LogP contribution in [-0.2, 0) is 18.4 Å². The molecule has 0 aliphatic carbocycles. The standard InChI is InChI=1S/C23H23ClN6O4/c1-5-33-22(31)21-14(3)20(25-26-21)15-9-10-19(13(2)11-15)34-12-16-17(24)7-6-8-18(16)30-23(32)29(4)27-28-30/h6-11H,5,12H2,1-4H3,(H,25,26). The zero-order chi connectivity index (χ0) is 24.4. The number of ether oxygens (including phenoxy) is 2. The Morgan fingerprint density at radius 1 is 1.18 bits per heavy atom. The molecule has 176 valence electrons. The molecule has 0 unspecified atom stereocenters. The van der Waals surface area contributed by atoms with E-state index in [4.69, 9.17) is 21.1 Å². The van der Waals surface area contributed by atoms with Crippen LogP contribution < -0.4 is 10.4 Å². The first-order chi connectivity index (χ1) is 16.3. The third-order valence-electron chi connectivity index (χ3n) is 5.35. The van der Waals surface area contributed by atoms with Crippen molar-refractivity contribution in [1.82, 2.24) is 30.0 Å². The summed E-state index contributed by atoms with van der Waals surface area (Å²) in [5.74, 6) is 0.202. The molecule has 0 radical (unpaired) electrons. The lowest BCUT2D eigenvalue weighted by Gasteiger charge is -2.14. The van der Waals surface area contributed by atoms with Gasteiger partial charge in [-0.3, -0.25) is 5.10 Å². The van der Waals surface area contributed by atoms with Gasteiger partial charge in [0.15, 0.2) is 0 Å². The lowest BCUT2D eigenvalue weighted by molar-refractivity contribution is 0.0518. The van der Waals surface area contributed by atoms with E-state index in [1.807, 2.05) is 32.0 Å². The first kappa shape index (κ1) is 23.2. The van der Waals surface area contributed by atoms with Crippen LogP contribution in [0, 0.1) is 13.8 Å². The van der Waals surface area contributed by atoms with E-state index in [1.165, 1.54) is 11.7 Å². The molecule has 0 saturated carbocycles. The first-order valence-electron chi connectivity index (χ1n) is 10.5. The number of hydrogen-bond donors (Lipinski definition) is 1. The number of carbonyl (C=O) groups excluding carboxylic acids is 1. The van der Waals surface area contributed by atoms with Crippen molar-refractivity contribution in [3.8, 4) is 22.7 Å². The Hall–Kier alpha value is -3.92. The van der Waals surface area contributed by atoms with Crippen molar-refractivity contribution >= 4 is 17.6 Å². The minimum absolute atomic E-state index is 0.118. The lowest BCUT2D eigenvalue weighted by atomic mass is 10.0. The average molecular weight is 483 g/mol. The number of tetrazole rings is 1. The SMILES string of the molecule is CCOC(=O)c1[nH]nc(-c2ccc(OCc3c(Cl)cccc3-n3nnn(C)c3=O)c(C)c2)c1C. The molecular formula is C23H23ClN6O4. The number of rotatable bonds is 7. The molecule has 2 heterocycles. The Labute approximate surface area is 200 Å². The maximum Gasteiger partial charge on any atom is 0.368 e. The van der Waals surface area contributed by atoms with Gasteiger partial charge in [-0.2, -0.15) is 14.5 Å². The molecule has 2 aromatic heterocycles. The van der Waals surface area contributed by atoms with Crippen LogP contribution in [0.25, 0.3) is 16.9 Å². The van der Waals surface area contributed by atoms with Gasteiger partial charge in [0.2, 0.25) is 0 Å². The minimum atomic E-state index is -0.437. The number of nitrogens with one attached hydrogen (secondary N) is 1. The summed E-state index contributed by atoms with van der Waals surface area (Å²) in [5, 5.41) is 15.2. The van der Waals surface area contributed by atoms with Crippen molar-refractivity contribution in [2.75, 3.05) is 6.61 Å². The molecule has 0 atom stereocenters. The van der Waals surface area contributed by atoms with E-state index >= 15 is 0 Å². The molecule has 0 saturated heterocycles. The van der Waals surface area contributed by atoms with Crippen LogP contribution in [0.1, 0.15) is 34.1 Å². The van der Waals surface area contributed by atoms with Crippen molar-refractivity contribution in [2.24, 2.45) is 7.05 Å². The Kier molecular flexibility index (Phi) is 6.51. The molecule has 0 bridgehead atoms. The summed E-state index contributed by atoms with van der Waals surface area (Å²) in [6, 6.07) is 10.8. The maximum absolute atomic E-state index is 12.3. The average Bonchev–Trinajstić information content (AvgIpc) is 3.35. The third kappa shape index (κ3) is 4.32. The zero-order valence-electron chi connectivity index (χ0n) is 19.1. The molecule has 4 rings (SSSR count). The highest BCUT2D eigenvalue weighted by Gasteiger charge is 2.19. The highest BCUT2D eigenvalue weighted by Crippen LogP contribution is 2.30. The fourth-order valence-electron chi connectivity index (χ4n) is 3.54. The second kappa shape index (κ2) is 9.52. The number of benzene rings is 2. The van der Waals surface area contributed by atoms with Crippen LogP contribution in [0.2, 0.25) is 5.02 Å². The van der Waals surface area contributed by atoms with Crippen LogP contribution >= 0.6 is 11.6 Å². The van der Waals surface area contributed by atoms with Gasteiger partial charge in [0.05, 0.1) is 18.0 Å². The fourth-order valence-corrected chi connectivity index (χ4v) is 3.77. The van der Waals surface area contributed by atoms with E-state index in [0.717, 1.165) is 15.8 Å². The summed E-state index contributed by atoms with van der Waals surface area (Å²) in [7, 11) is 1.52. The number of H-pyrrole nitrogens is 1. The summed E-state index contributed by atoms with van der Waals surface area (Å²) in [5.41, 5.74) is 4.12. The van der Waals surface area contributed by atoms with E-state index < -0.39 is 5.97 Å². The number of aromatic nitrogens is 6. The van der Waals surface area contributed by atoms with E-state index in [9.17, 15) is 9.59 Å². The fraction of sp³-hybridized carbons (Fsp3) is 0.261. The van der Waals surface area contributed by atoms with E-state index in [0.29, 0.717) is 39.0 Å². The Bertz CT molecular complexity index is 1420. The van der Waals surface area contributed by atoms with Crippen LogP contribution in [-0.4, -0.2) is 42.6 Å². The molecule has 11 heteroatoms. The molecular weight excluding hydrogens is 460 g/mol. The number of nitrogens with zero attached hydrogens (tertiary/aromatic N) is 5. The van der Waals surface area contributed by atoms with Crippen molar-refractivity contribution in [3.63, 3.8) is 0 Å². The van der Waals surface area contributed by atoms with Gasteiger partial charge in [-0.05, 0) is 67.1 Å². The van der Waals surface area contributed by atoms with Gasteiger partial charge in [0.1, 0.15) is 18.1 Å². The molecule has 0 aliphatic heterocycles. The van der Waals surface area contributed by atoms with Crippen LogP contribution in [0.4, 0.5) is 0 Å². The predicted octanol–water partition coefficient (Wildman–Crippen LogP) is 3.38. The summed E-state index contributed by atoms with van der Waals surface area (Å²) >= 11 is 6.42. The number of aromatic amines is 1. The number of carbonyl (C=O) groups is 1. The van der Waals surface area contributed by atoms with Gasteiger partial charge in [-0.15, -0.1) is 0 Å². The third-order valence-corrected chi connectivity index (χ3v) is 5.71. The first-order valence-corrected chi connectivity index (χ1v) is 10.9. The van der Waals surface area contributed by atoms with Gasteiger partial charge >= 0.3 is 11.7 Å². The lowest BCUT2D eigenvalue weighted by Crippen LogP contribution is -2.23. The Balaban J connectivity index is 1.58. The summed E-state index contributed by atoms with van der Waals surface area (Å²) in [4.78, 5) is 24.4. The number of aryl methyl sites for hydroxylation is 2. The second-order valence-electron chi connectivity index (χ2n) is 7.60. The topological polar surface area (TPSA) is 117 Å². The maximum atomic E-state index is 12.3. The predicted molar refractivity (Wildman–Crippen MR) is 125 cm³/mol. The van der Waals surface area contributed by atoms with Gasteiger partial charge < -0.3 is 9.47 Å². The number of esters is 1. The van der Waals surface area contributed by atoms with E-state index in [1.54, 1.807) is 25.1 Å². The van der Waals surface area contributed by atoms with E-state index in [-0.39, 0.29) is 18.9 Å². The normalized spacial score (nSPS) is 11.0. The zero-order valence-corrected chi connectivity index (χ0v) is 19.9. The molecule has 0 spiro atoms. The summed E-state index contributed by atoms with van der Waals surface area (Å²) in [6.07, 6.45) is 0. The second-order valence-corrected chi connectivity index (χ2v) is 8.00. The van der Waals surface area contributed by atoms with E-state index in [2.05, 4.69) is 20.6 Å². The molecule has 1 N–H and O–H groups in total. The van der Waals surface area contributed by atoms with Crippen LogP contribution in [0.3, 0.4) is 0 Å². The molecule has 0 fully saturated rings. The van der Waals surface area contributed by atoms with Crippen molar-refractivity contribution in [1.29, 1.82) is 0 Å². The van der Waals surface area contributed by atoms with Gasteiger partial charge in [-0.25, -0.2) is 9.59 Å². The smallest absolute Gasteiger partial charge is 0.368 e. The van der Waals surface area contributed by atoms with Crippen molar-refractivity contribution in [3.05, 3.63) is 74.3 Å². The highest BCUT2D eigenvalue weighted by molar-refractivity contribution is 6.31. The van der Waals surface area contributed by atoms with Crippen molar-refractivity contribution in [2.45, 2.75) is 27.4 Å². The monoisotopic (exact) mass is 482 g/mol. The minimum Gasteiger partial charge on any atom is -0.488 e. The molecule has 34 heavy (non-hydrogen) atoms. The number of halogens is 1. The van der Waals surface area contributed by atoms with Gasteiger partial charge in [0, 0.05) is 28.8 Å². The van der Waals surface area contributed by atoms with Crippen LogP contribution in [0.5, 0.6) is 5.75 Å². The van der Waals surface area contributed by atoms with Crippen molar-refractivity contribution < 1.29 is 14.3 Å². The summed E-state index contributed by atoms with van der Waals surface area (Å²) in [6.45, 7) is 5.89. The van der Waals surface area contributed by atoms with Gasteiger partial charge in [-0.1, -0.05) is 17.7 Å². The van der Waals surface area contributed by atoms with Gasteiger partial charge in [0.25, 0.3) is 0 Å². The molecule has 0 aliphatic rings. The highest BCUT2D eigenvalue weighted by atomic mass is 35.5. The Morgan fingerprint density at radius 2 is 1.97 bits per heavy atom. The van der Waals surface area contributed by atoms with Crippen LogP contribution in [0.15, 0.2) is 41.2 Å². The molecule has 4 aromatic rings. The molecule has 0 amide bonds. The largest absolute Gasteiger partial charge is 0.488 e. The number of hydrogen-bond acceptors (Lipinski definition) is 7.